The summed E-state index contributed by atoms with van der Waals surface area (Å²) in [5.74, 6) is 2.23. The lowest BCUT2D eigenvalue weighted by Crippen LogP contribution is -2.06. The number of oxazole rings is 1. The largest absolute Gasteiger partial charge is 0.434 e. The Morgan fingerprint density at radius 3 is 1.64 bits per heavy atom. The molecule has 3 heterocycles. The summed E-state index contributed by atoms with van der Waals surface area (Å²) in [6.45, 7) is 0. The van der Waals surface area contributed by atoms with Gasteiger partial charge in [0.25, 0.3) is 0 Å². The van der Waals surface area contributed by atoms with Crippen LogP contribution in [0.25, 0.3) is 95.0 Å². The molecule has 0 N–H and O–H groups in total. The van der Waals surface area contributed by atoms with E-state index in [-0.39, 0.29) is 0 Å². The van der Waals surface area contributed by atoms with Crippen molar-refractivity contribution in [2.45, 2.75) is 0 Å². The van der Waals surface area contributed by atoms with E-state index < -0.39 is 0 Å². The minimum Gasteiger partial charge on any atom is -0.434 e. The molecule has 0 bridgehead atoms. The summed E-state index contributed by atoms with van der Waals surface area (Å²) >= 11 is 0. The lowest BCUT2D eigenvalue weighted by molar-refractivity contribution is 0.621. The first-order valence-corrected chi connectivity index (χ1v) is 16.6. The molecule has 10 rings (SSSR count). The highest BCUT2D eigenvalue weighted by molar-refractivity contribution is 6.22. The topological polar surface area (TPSA) is 69.6 Å². The van der Waals surface area contributed by atoms with Gasteiger partial charge >= 0.3 is 0 Å². The zero-order chi connectivity index (χ0) is 33.0. The van der Waals surface area contributed by atoms with Gasteiger partial charge in [-0.15, -0.1) is 0 Å². The summed E-state index contributed by atoms with van der Waals surface area (Å²) < 4.78 is 8.80. The fourth-order valence-corrected chi connectivity index (χ4v) is 6.90. The second-order valence-corrected chi connectivity index (χ2v) is 12.3. The molecule has 6 heteroatoms. The van der Waals surface area contributed by atoms with Crippen molar-refractivity contribution in [1.29, 1.82) is 0 Å². The van der Waals surface area contributed by atoms with Gasteiger partial charge in [0.15, 0.2) is 17.2 Å². The van der Waals surface area contributed by atoms with Crippen LogP contribution in [0.1, 0.15) is 0 Å². The van der Waals surface area contributed by atoms with Crippen LogP contribution in [0.4, 0.5) is 0 Å². The van der Waals surface area contributed by atoms with Gasteiger partial charge in [0.05, 0.1) is 5.52 Å². The van der Waals surface area contributed by atoms with E-state index in [0.29, 0.717) is 29.1 Å². The molecule has 0 fully saturated rings. The van der Waals surface area contributed by atoms with Gasteiger partial charge in [0.1, 0.15) is 11.0 Å². The molecule has 3 aromatic heterocycles. The highest BCUT2D eigenvalue weighted by Crippen LogP contribution is 2.40. The Labute approximate surface area is 287 Å². The van der Waals surface area contributed by atoms with Crippen LogP contribution in [0, 0.1) is 0 Å². The van der Waals surface area contributed by atoms with E-state index in [2.05, 4.69) is 95.6 Å². The summed E-state index contributed by atoms with van der Waals surface area (Å²) in [5.41, 5.74) is 8.30. The Balaban J connectivity index is 1.29. The third-order valence-electron chi connectivity index (χ3n) is 9.30. The molecule has 234 valence electrons. The van der Waals surface area contributed by atoms with Crippen molar-refractivity contribution in [2.75, 3.05) is 0 Å². The zero-order valence-electron chi connectivity index (χ0n) is 26.7. The maximum Gasteiger partial charge on any atom is 0.238 e. The zero-order valence-corrected chi connectivity index (χ0v) is 26.7. The number of fused-ring (bicyclic) bond motifs is 7. The van der Waals surface area contributed by atoms with Crippen molar-refractivity contribution >= 4 is 43.7 Å². The van der Waals surface area contributed by atoms with Crippen LogP contribution < -0.4 is 0 Å². The van der Waals surface area contributed by atoms with Crippen LogP contribution in [-0.4, -0.2) is 24.5 Å². The Morgan fingerprint density at radius 1 is 0.380 bits per heavy atom. The molecular weight excluding hydrogens is 615 g/mol. The van der Waals surface area contributed by atoms with Crippen molar-refractivity contribution in [3.05, 3.63) is 164 Å². The third-order valence-corrected chi connectivity index (χ3v) is 9.30. The van der Waals surface area contributed by atoms with Gasteiger partial charge in [-0.1, -0.05) is 140 Å². The second-order valence-electron chi connectivity index (χ2n) is 12.3. The fourth-order valence-electron chi connectivity index (χ4n) is 6.90. The van der Waals surface area contributed by atoms with E-state index in [1.807, 2.05) is 72.8 Å². The molecule has 0 spiro atoms. The van der Waals surface area contributed by atoms with Crippen LogP contribution in [0.3, 0.4) is 0 Å². The smallest absolute Gasteiger partial charge is 0.238 e. The van der Waals surface area contributed by atoms with Crippen molar-refractivity contribution in [3.63, 3.8) is 0 Å². The highest BCUT2D eigenvalue weighted by Gasteiger charge is 2.23. The molecule has 0 amide bonds. The van der Waals surface area contributed by atoms with Crippen LogP contribution in [0.15, 0.2) is 168 Å². The van der Waals surface area contributed by atoms with Crippen LogP contribution in [0.5, 0.6) is 0 Å². The second kappa shape index (κ2) is 11.4. The predicted octanol–water partition coefficient (Wildman–Crippen LogP) is 10.9. The van der Waals surface area contributed by atoms with Gasteiger partial charge < -0.3 is 4.42 Å². The first-order chi connectivity index (χ1) is 24.8. The summed E-state index contributed by atoms with van der Waals surface area (Å²) in [7, 11) is 0. The summed E-state index contributed by atoms with van der Waals surface area (Å²) in [6, 6.07) is 55.8. The quantitative estimate of drug-likeness (QED) is 0.187. The first-order valence-electron chi connectivity index (χ1n) is 16.6. The fraction of sp³-hybridized carbons (Fsp3) is 0. The van der Waals surface area contributed by atoms with Crippen molar-refractivity contribution in [2.24, 2.45) is 0 Å². The van der Waals surface area contributed by atoms with Gasteiger partial charge in [-0.25, -0.2) is 9.97 Å². The minimum atomic E-state index is 0.502. The number of hydrogen-bond acceptors (Lipinski definition) is 5. The average Bonchev–Trinajstić information content (AvgIpc) is 3.79. The lowest BCUT2D eigenvalue weighted by atomic mass is 10.0. The Hall–Kier alpha value is -6.92. The molecule has 0 unspecified atom stereocenters. The number of benzene rings is 7. The Morgan fingerprint density at radius 2 is 0.920 bits per heavy atom. The maximum atomic E-state index is 6.65. The van der Waals surface area contributed by atoms with Crippen LogP contribution in [0.2, 0.25) is 0 Å². The molecule has 0 aliphatic heterocycles. The summed E-state index contributed by atoms with van der Waals surface area (Å²) in [6.07, 6.45) is 0. The van der Waals surface area contributed by atoms with Gasteiger partial charge in [-0.2, -0.15) is 9.97 Å². The van der Waals surface area contributed by atoms with E-state index in [1.54, 1.807) is 0 Å². The number of hydrogen-bond donors (Lipinski definition) is 0. The monoisotopic (exact) mass is 641 g/mol. The predicted molar refractivity (Wildman–Crippen MR) is 201 cm³/mol. The molecule has 0 aliphatic carbocycles. The number of aromatic nitrogens is 5. The molecular formula is C44H27N5O. The van der Waals surface area contributed by atoms with Gasteiger partial charge in [-0.05, 0) is 40.8 Å². The molecule has 0 saturated heterocycles. The normalized spacial score (nSPS) is 11.6. The Kier molecular flexibility index (Phi) is 6.39. The van der Waals surface area contributed by atoms with Gasteiger partial charge in [0, 0.05) is 32.8 Å². The molecule has 0 saturated carbocycles. The van der Waals surface area contributed by atoms with E-state index >= 15 is 0 Å². The Bertz CT molecular complexity index is 2840. The minimum absolute atomic E-state index is 0.502. The van der Waals surface area contributed by atoms with Crippen LogP contribution >= 0.6 is 0 Å². The van der Waals surface area contributed by atoms with Gasteiger partial charge in [0.2, 0.25) is 11.8 Å². The third kappa shape index (κ3) is 4.58. The molecule has 7 aromatic carbocycles. The highest BCUT2D eigenvalue weighted by atomic mass is 16.3. The molecule has 10 aromatic rings. The molecule has 0 aliphatic rings. The molecule has 50 heavy (non-hydrogen) atoms. The van der Waals surface area contributed by atoms with E-state index in [4.69, 9.17) is 24.4 Å². The standard InChI is InChI=1S/C44H27N5O/c1-4-12-28(13-5-1)29-20-22-32(23-21-29)42-46-41(31-15-6-2-7-16-31)47-44(48-42)49-38-34-19-11-10-14-30(34)24-25-35(38)36-26-27-37-40(39(36)49)50-43(45-37)33-17-8-3-9-18-33/h1-27H. The lowest BCUT2D eigenvalue weighted by Gasteiger charge is -2.12. The van der Waals surface area contributed by atoms with E-state index in [0.717, 1.165) is 65.9 Å². The number of nitrogens with zero attached hydrogens (tertiary/aromatic N) is 5. The molecule has 0 radical (unpaired) electrons. The van der Waals surface area contributed by atoms with Crippen molar-refractivity contribution in [1.82, 2.24) is 24.5 Å². The molecule has 6 nitrogen and oxygen atoms in total. The summed E-state index contributed by atoms with van der Waals surface area (Å²) in [5, 5.41) is 4.32. The SMILES string of the molecule is c1ccc(-c2ccc(-c3nc(-c4ccccc4)nc(-n4c5c6ccccc6ccc5c5ccc6nc(-c7ccccc7)oc6c54)n3)cc2)cc1. The van der Waals surface area contributed by atoms with Gasteiger partial charge in [-0.3, -0.25) is 4.57 Å². The summed E-state index contributed by atoms with van der Waals surface area (Å²) in [4.78, 5) is 20.4. The van der Waals surface area contributed by atoms with E-state index in [9.17, 15) is 0 Å². The van der Waals surface area contributed by atoms with Crippen LogP contribution in [-0.2, 0) is 0 Å². The van der Waals surface area contributed by atoms with Crippen molar-refractivity contribution < 1.29 is 4.42 Å². The first kappa shape index (κ1) is 28.1. The van der Waals surface area contributed by atoms with Crippen molar-refractivity contribution in [3.8, 4) is 51.3 Å². The molecule has 0 atom stereocenters. The van der Waals surface area contributed by atoms with E-state index in [1.165, 1.54) is 0 Å². The maximum absolute atomic E-state index is 6.65. The average molecular weight is 642 g/mol. The number of rotatable bonds is 5.